The Kier molecular flexibility index (Phi) is 2.29. The molecular weight excluding hydrogens is 204 g/mol. The molecule has 1 aliphatic rings. The van der Waals surface area contributed by atoms with Crippen LogP contribution in [-0.2, 0) is 6.54 Å². The molecule has 0 saturated carbocycles. The lowest BCUT2D eigenvalue weighted by Crippen LogP contribution is -2.42. The Hall–Kier alpha value is -1.55. The van der Waals surface area contributed by atoms with Crippen LogP contribution in [0.4, 0.5) is 0 Å². The summed E-state index contributed by atoms with van der Waals surface area (Å²) in [6.45, 7) is 2.90. The second kappa shape index (κ2) is 3.79. The molecule has 84 valence electrons. The second-order valence-corrected chi connectivity index (χ2v) is 4.30. The Morgan fingerprint density at radius 1 is 1.38 bits per heavy atom. The maximum Gasteiger partial charge on any atom is 0.419 e. The number of aryl methyl sites for hydroxylation is 1. The van der Waals surface area contributed by atoms with Crippen LogP contribution in [0.25, 0.3) is 11.1 Å². The van der Waals surface area contributed by atoms with E-state index in [4.69, 9.17) is 4.42 Å². The first-order valence-corrected chi connectivity index (χ1v) is 5.64. The average molecular weight is 218 g/mol. The van der Waals surface area contributed by atoms with Crippen molar-refractivity contribution < 1.29 is 4.42 Å². The van der Waals surface area contributed by atoms with Gasteiger partial charge in [-0.2, -0.15) is 0 Å². The summed E-state index contributed by atoms with van der Waals surface area (Å²) in [6, 6.07) is 7.57. The second-order valence-electron chi connectivity index (χ2n) is 4.30. The molecule has 3 rings (SSSR count). The van der Waals surface area contributed by atoms with E-state index >= 15 is 0 Å². The number of nitrogens with one attached hydrogen (secondary N) is 1. The predicted octanol–water partition coefficient (Wildman–Crippen LogP) is 1.20. The highest BCUT2D eigenvalue weighted by Gasteiger charge is 2.17. The van der Waals surface area contributed by atoms with Gasteiger partial charge in [-0.25, -0.2) is 4.79 Å². The van der Waals surface area contributed by atoms with Crippen LogP contribution in [0.15, 0.2) is 33.5 Å². The van der Waals surface area contributed by atoms with Gasteiger partial charge in [-0.15, -0.1) is 0 Å². The normalized spacial score (nSPS) is 16.5. The summed E-state index contributed by atoms with van der Waals surface area (Å²) in [7, 11) is 0. The number of rotatable bonds is 3. The summed E-state index contributed by atoms with van der Waals surface area (Å²) in [5.74, 6) is 0.467. The third-order valence-corrected chi connectivity index (χ3v) is 3.20. The van der Waals surface area contributed by atoms with E-state index in [0.29, 0.717) is 11.5 Å². The topological polar surface area (TPSA) is 47.2 Å². The van der Waals surface area contributed by atoms with Gasteiger partial charge in [-0.1, -0.05) is 12.1 Å². The van der Waals surface area contributed by atoms with E-state index in [-0.39, 0.29) is 5.76 Å². The lowest BCUT2D eigenvalue weighted by molar-refractivity contribution is 0.309. The molecule has 4 nitrogen and oxygen atoms in total. The molecular formula is C12H14N2O2. The van der Waals surface area contributed by atoms with E-state index in [1.54, 1.807) is 4.57 Å². The molecule has 0 bridgehead atoms. The fraction of sp³-hybridized carbons (Fsp3) is 0.417. The number of aromatic nitrogens is 1. The van der Waals surface area contributed by atoms with Gasteiger partial charge in [0.2, 0.25) is 0 Å². The lowest BCUT2D eigenvalue weighted by Gasteiger charge is -2.26. The minimum atomic E-state index is -0.242. The summed E-state index contributed by atoms with van der Waals surface area (Å²) >= 11 is 0. The van der Waals surface area contributed by atoms with Crippen LogP contribution in [0, 0.1) is 5.92 Å². The first-order chi connectivity index (χ1) is 7.84. The van der Waals surface area contributed by atoms with Crippen LogP contribution >= 0.6 is 0 Å². The Labute approximate surface area is 92.9 Å². The molecule has 0 unspecified atom stereocenters. The third kappa shape index (κ3) is 1.55. The first-order valence-electron chi connectivity index (χ1n) is 5.64. The van der Waals surface area contributed by atoms with E-state index in [1.807, 2.05) is 24.3 Å². The van der Waals surface area contributed by atoms with Crippen LogP contribution in [0.1, 0.15) is 6.42 Å². The molecule has 1 aliphatic heterocycles. The monoisotopic (exact) mass is 218 g/mol. The summed E-state index contributed by atoms with van der Waals surface area (Å²) in [5.41, 5.74) is 1.58. The molecule has 0 radical (unpaired) electrons. The molecule has 16 heavy (non-hydrogen) atoms. The van der Waals surface area contributed by atoms with Crippen molar-refractivity contribution in [2.75, 3.05) is 13.1 Å². The molecule has 0 atom stereocenters. The first kappa shape index (κ1) is 9.66. The summed E-state index contributed by atoms with van der Waals surface area (Å²) in [6.07, 6.45) is 1.04. The number of hydrogen-bond acceptors (Lipinski definition) is 3. The smallest absolute Gasteiger partial charge is 0.408 e. The maximum atomic E-state index is 11.6. The number of oxazole rings is 1. The van der Waals surface area contributed by atoms with Gasteiger partial charge in [0.1, 0.15) is 0 Å². The number of benzene rings is 1. The van der Waals surface area contributed by atoms with E-state index in [2.05, 4.69) is 5.32 Å². The van der Waals surface area contributed by atoms with Crippen molar-refractivity contribution in [2.45, 2.75) is 13.0 Å². The molecule has 1 N–H and O–H groups in total. The average Bonchev–Trinajstić information content (AvgIpc) is 2.53. The molecule has 0 spiro atoms. The number of hydrogen-bond donors (Lipinski definition) is 1. The summed E-state index contributed by atoms with van der Waals surface area (Å²) in [5, 5.41) is 3.23. The molecule has 2 aromatic rings. The SMILES string of the molecule is O=c1oc2ccccc2n1CCC1CNC1. The highest BCUT2D eigenvalue weighted by Crippen LogP contribution is 2.15. The highest BCUT2D eigenvalue weighted by atomic mass is 16.4. The van der Waals surface area contributed by atoms with E-state index < -0.39 is 0 Å². The molecule has 2 heterocycles. The van der Waals surface area contributed by atoms with Gasteiger partial charge in [0.15, 0.2) is 5.58 Å². The van der Waals surface area contributed by atoms with Gasteiger partial charge in [0.05, 0.1) is 5.52 Å². The van der Waals surface area contributed by atoms with Gasteiger partial charge >= 0.3 is 5.76 Å². The Bertz CT molecular complexity index is 551. The third-order valence-electron chi connectivity index (χ3n) is 3.20. The van der Waals surface area contributed by atoms with E-state index in [1.165, 1.54) is 0 Å². The zero-order chi connectivity index (χ0) is 11.0. The van der Waals surface area contributed by atoms with Crippen molar-refractivity contribution in [2.24, 2.45) is 5.92 Å². The molecule has 1 aromatic carbocycles. The Morgan fingerprint density at radius 2 is 2.19 bits per heavy atom. The fourth-order valence-electron chi connectivity index (χ4n) is 2.09. The van der Waals surface area contributed by atoms with Gasteiger partial charge in [-0.3, -0.25) is 4.57 Å². The largest absolute Gasteiger partial charge is 0.419 e. The minimum Gasteiger partial charge on any atom is -0.408 e. The summed E-state index contributed by atoms with van der Waals surface area (Å²) in [4.78, 5) is 11.6. The predicted molar refractivity (Wildman–Crippen MR) is 61.5 cm³/mol. The van der Waals surface area contributed by atoms with Crippen LogP contribution in [0.3, 0.4) is 0 Å². The molecule has 1 saturated heterocycles. The Morgan fingerprint density at radius 3 is 2.94 bits per heavy atom. The van der Waals surface area contributed by atoms with Crippen LogP contribution < -0.4 is 11.1 Å². The number of fused-ring (bicyclic) bond motifs is 1. The van der Waals surface area contributed by atoms with E-state index in [0.717, 1.165) is 31.6 Å². The molecule has 4 heteroatoms. The quantitative estimate of drug-likeness (QED) is 0.842. The Balaban J connectivity index is 1.89. The number of nitrogens with zero attached hydrogens (tertiary/aromatic N) is 1. The van der Waals surface area contributed by atoms with Crippen molar-refractivity contribution in [3.05, 3.63) is 34.8 Å². The maximum absolute atomic E-state index is 11.6. The van der Waals surface area contributed by atoms with Gasteiger partial charge in [0, 0.05) is 6.54 Å². The van der Waals surface area contributed by atoms with Gasteiger partial charge in [-0.05, 0) is 37.6 Å². The number of para-hydroxylation sites is 2. The van der Waals surface area contributed by atoms with Crippen LogP contribution in [0.2, 0.25) is 0 Å². The van der Waals surface area contributed by atoms with Gasteiger partial charge < -0.3 is 9.73 Å². The standard InChI is InChI=1S/C12H14N2O2/c15-12-14(6-5-9-7-13-8-9)10-3-1-2-4-11(10)16-12/h1-4,9,13H,5-8H2. The van der Waals surface area contributed by atoms with Crippen LogP contribution in [-0.4, -0.2) is 17.7 Å². The van der Waals surface area contributed by atoms with E-state index in [9.17, 15) is 4.79 Å². The zero-order valence-corrected chi connectivity index (χ0v) is 8.98. The van der Waals surface area contributed by atoms with Crippen molar-refractivity contribution in [1.29, 1.82) is 0 Å². The summed E-state index contributed by atoms with van der Waals surface area (Å²) < 4.78 is 6.90. The van der Waals surface area contributed by atoms with Crippen LogP contribution in [0.5, 0.6) is 0 Å². The van der Waals surface area contributed by atoms with Gasteiger partial charge in [0.25, 0.3) is 0 Å². The fourth-order valence-corrected chi connectivity index (χ4v) is 2.09. The molecule has 0 amide bonds. The molecule has 1 fully saturated rings. The van der Waals surface area contributed by atoms with Crippen molar-refractivity contribution in [3.63, 3.8) is 0 Å². The zero-order valence-electron chi connectivity index (χ0n) is 8.98. The molecule has 1 aromatic heterocycles. The van der Waals surface area contributed by atoms with Crippen molar-refractivity contribution in [1.82, 2.24) is 9.88 Å². The highest BCUT2D eigenvalue weighted by molar-refractivity contribution is 5.72. The lowest BCUT2D eigenvalue weighted by atomic mass is 9.99. The van der Waals surface area contributed by atoms with Crippen molar-refractivity contribution >= 4 is 11.1 Å². The molecule has 0 aliphatic carbocycles. The van der Waals surface area contributed by atoms with Crippen molar-refractivity contribution in [3.8, 4) is 0 Å². The minimum absolute atomic E-state index is 0.242.